The molecule has 1 amide bonds. The molecule has 0 aliphatic carbocycles. The number of carbonyl (C=O) groups is 1. The van der Waals surface area contributed by atoms with E-state index in [0.29, 0.717) is 5.69 Å². The number of rotatable bonds is 4. The van der Waals surface area contributed by atoms with Crippen molar-refractivity contribution in [3.63, 3.8) is 0 Å². The van der Waals surface area contributed by atoms with E-state index in [2.05, 4.69) is 44.4 Å². The Morgan fingerprint density at radius 2 is 1.92 bits per heavy atom. The van der Waals surface area contributed by atoms with Crippen molar-refractivity contribution >= 4 is 16.8 Å². The molecule has 0 saturated carbocycles. The number of fused-ring (bicyclic) bond motifs is 1. The van der Waals surface area contributed by atoms with Gasteiger partial charge in [-0.05, 0) is 23.1 Å². The van der Waals surface area contributed by atoms with Crippen molar-refractivity contribution in [2.75, 3.05) is 0 Å². The van der Waals surface area contributed by atoms with Gasteiger partial charge in [0.1, 0.15) is 5.69 Å². The van der Waals surface area contributed by atoms with Crippen LogP contribution in [0.3, 0.4) is 0 Å². The number of hydrogen-bond donors (Lipinski definition) is 2. The molecular formula is C18H15N5O. The van der Waals surface area contributed by atoms with Crippen LogP contribution in [0.25, 0.3) is 22.2 Å². The summed E-state index contributed by atoms with van der Waals surface area (Å²) in [5, 5.41) is 11.5. The molecule has 4 aromatic rings. The number of benzene rings is 2. The fourth-order valence-corrected chi connectivity index (χ4v) is 2.85. The highest BCUT2D eigenvalue weighted by molar-refractivity contribution is 5.97. The topological polar surface area (TPSA) is 89.6 Å². The van der Waals surface area contributed by atoms with Crippen molar-refractivity contribution in [3.8, 4) is 11.3 Å². The summed E-state index contributed by atoms with van der Waals surface area (Å²) in [6.07, 6.45) is 2.05. The molecule has 0 bridgehead atoms. The predicted molar refractivity (Wildman–Crippen MR) is 91.4 cm³/mol. The number of nitrogens with one attached hydrogen (secondary N) is 1. The highest BCUT2D eigenvalue weighted by Crippen LogP contribution is 2.26. The molecule has 0 aliphatic heterocycles. The van der Waals surface area contributed by atoms with E-state index in [-0.39, 0.29) is 5.69 Å². The van der Waals surface area contributed by atoms with Gasteiger partial charge in [-0.3, -0.25) is 4.79 Å². The average molecular weight is 317 g/mol. The summed E-state index contributed by atoms with van der Waals surface area (Å²) in [5.74, 6) is -0.599. The lowest BCUT2D eigenvalue weighted by molar-refractivity contribution is 0.0996. The second kappa shape index (κ2) is 5.66. The molecule has 0 unspecified atom stereocenters. The first-order chi connectivity index (χ1) is 11.7. The maximum atomic E-state index is 11.5. The number of primary amides is 1. The van der Waals surface area contributed by atoms with Gasteiger partial charge >= 0.3 is 0 Å². The third-order valence-corrected chi connectivity index (χ3v) is 4.02. The largest absolute Gasteiger partial charge is 0.364 e. The molecule has 0 aliphatic rings. The van der Waals surface area contributed by atoms with Crippen molar-refractivity contribution in [1.82, 2.24) is 20.0 Å². The Kier molecular flexibility index (Phi) is 3.35. The first-order valence-electron chi connectivity index (χ1n) is 7.56. The van der Waals surface area contributed by atoms with E-state index in [1.165, 1.54) is 5.56 Å². The van der Waals surface area contributed by atoms with Crippen LogP contribution in [0.1, 0.15) is 16.1 Å². The average Bonchev–Trinajstić information content (AvgIpc) is 3.23. The molecule has 3 N–H and O–H groups in total. The lowest BCUT2D eigenvalue weighted by Gasteiger charge is -2.07. The van der Waals surface area contributed by atoms with Crippen LogP contribution >= 0.6 is 0 Å². The van der Waals surface area contributed by atoms with Crippen LogP contribution in [0.15, 0.2) is 60.8 Å². The molecule has 2 heterocycles. The van der Waals surface area contributed by atoms with E-state index in [1.807, 2.05) is 36.4 Å². The van der Waals surface area contributed by atoms with Gasteiger partial charge < -0.3 is 10.3 Å². The van der Waals surface area contributed by atoms with Crippen molar-refractivity contribution < 1.29 is 4.79 Å². The highest BCUT2D eigenvalue weighted by atomic mass is 16.1. The second-order valence-corrected chi connectivity index (χ2v) is 5.59. The number of carbonyl (C=O) groups excluding carboxylic acids is 1. The molecular weight excluding hydrogens is 302 g/mol. The van der Waals surface area contributed by atoms with Gasteiger partial charge in [-0.15, -0.1) is 0 Å². The first-order valence-corrected chi connectivity index (χ1v) is 7.56. The molecule has 6 heteroatoms. The quantitative estimate of drug-likeness (QED) is 0.606. The van der Waals surface area contributed by atoms with Gasteiger partial charge in [-0.1, -0.05) is 42.5 Å². The highest BCUT2D eigenvalue weighted by Gasteiger charge is 2.16. The number of aromatic nitrogens is 4. The standard InChI is InChI=1S/C18H15N5O/c19-18(24)17-16(20-22-21-17)14-7-6-13-8-9-23(15(13)10-14)11-12-4-2-1-3-5-12/h1-10H,11H2,(H2,19,24)(H,20,21,22). The minimum Gasteiger partial charge on any atom is -0.364 e. The van der Waals surface area contributed by atoms with Crippen molar-refractivity contribution in [2.24, 2.45) is 5.73 Å². The summed E-state index contributed by atoms with van der Waals surface area (Å²) in [4.78, 5) is 11.5. The maximum Gasteiger partial charge on any atom is 0.271 e. The van der Waals surface area contributed by atoms with Crippen LogP contribution in [0.2, 0.25) is 0 Å². The molecule has 2 aromatic heterocycles. The van der Waals surface area contributed by atoms with Gasteiger partial charge in [-0.2, -0.15) is 15.4 Å². The number of hydrogen-bond acceptors (Lipinski definition) is 3. The van der Waals surface area contributed by atoms with Crippen LogP contribution in [0.4, 0.5) is 0 Å². The second-order valence-electron chi connectivity index (χ2n) is 5.59. The van der Waals surface area contributed by atoms with E-state index in [9.17, 15) is 4.79 Å². The molecule has 6 nitrogen and oxygen atoms in total. The van der Waals surface area contributed by atoms with Crippen molar-refractivity contribution in [1.29, 1.82) is 0 Å². The van der Waals surface area contributed by atoms with Gasteiger partial charge in [0, 0.05) is 23.8 Å². The van der Waals surface area contributed by atoms with E-state index in [1.54, 1.807) is 0 Å². The Morgan fingerprint density at radius 1 is 1.08 bits per heavy atom. The number of aromatic amines is 1. The van der Waals surface area contributed by atoms with Gasteiger partial charge in [0.25, 0.3) is 5.91 Å². The molecule has 118 valence electrons. The maximum absolute atomic E-state index is 11.5. The van der Waals surface area contributed by atoms with Crippen LogP contribution < -0.4 is 5.73 Å². The summed E-state index contributed by atoms with van der Waals surface area (Å²) in [6, 6.07) is 18.2. The zero-order valence-electron chi connectivity index (χ0n) is 12.8. The van der Waals surface area contributed by atoms with Gasteiger partial charge in [-0.25, -0.2) is 0 Å². The Morgan fingerprint density at radius 3 is 2.71 bits per heavy atom. The van der Waals surface area contributed by atoms with Crippen molar-refractivity contribution in [2.45, 2.75) is 6.54 Å². The number of H-pyrrole nitrogens is 1. The predicted octanol–water partition coefficient (Wildman–Crippen LogP) is 2.57. The number of nitrogens with two attached hydrogens (primary N) is 1. The smallest absolute Gasteiger partial charge is 0.271 e. The summed E-state index contributed by atoms with van der Waals surface area (Å²) in [7, 11) is 0. The molecule has 0 radical (unpaired) electrons. The Bertz CT molecular complexity index is 1020. The van der Waals surface area contributed by atoms with Crippen LogP contribution in [-0.2, 0) is 6.54 Å². The summed E-state index contributed by atoms with van der Waals surface area (Å²) < 4.78 is 2.16. The summed E-state index contributed by atoms with van der Waals surface area (Å²) >= 11 is 0. The molecule has 0 spiro atoms. The Balaban J connectivity index is 1.78. The minimum absolute atomic E-state index is 0.149. The minimum atomic E-state index is -0.599. The summed E-state index contributed by atoms with van der Waals surface area (Å²) in [5.41, 5.74) is 9.06. The zero-order valence-corrected chi connectivity index (χ0v) is 12.8. The van der Waals surface area contributed by atoms with E-state index < -0.39 is 5.91 Å². The molecule has 0 saturated heterocycles. The fraction of sp³-hybridized carbons (Fsp3) is 0.0556. The molecule has 0 fully saturated rings. The van der Waals surface area contributed by atoms with Crippen LogP contribution in [0.5, 0.6) is 0 Å². The molecule has 4 rings (SSSR count). The number of nitrogens with zero attached hydrogens (tertiary/aromatic N) is 3. The lowest BCUT2D eigenvalue weighted by atomic mass is 10.1. The third-order valence-electron chi connectivity index (χ3n) is 4.02. The van der Waals surface area contributed by atoms with Gasteiger partial charge in [0.05, 0.1) is 0 Å². The monoisotopic (exact) mass is 317 g/mol. The third kappa shape index (κ3) is 2.44. The normalized spacial score (nSPS) is 11.0. The SMILES string of the molecule is NC(=O)c1n[nH]nc1-c1ccc2ccn(Cc3ccccc3)c2c1. The summed E-state index contributed by atoms with van der Waals surface area (Å²) in [6.45, 7) is 0.773. The molecule has 2 aromatic carbocycles. The van der Waals surface area contributed by atoms with Crippen LogP contribution in [-0.4, -0.2) is 25.9 Å². The van der Waals surface area contributed by atoms with Gasteiger partial charge in [0.15, 0.2) is 5.69 Å². The lowest BCUT2D eigenvalue weighted by Crippen LogP contribution is -2.12. The molecule has 24 heavy (non-hydrogen) atoms. The van der Waals surface area contributed by atoms with Crippen molar-refractivity contribution in [3.05, 3.63) is 72.1 Å². The first kappa shape index (κ1) is 14.2. The van der Waals surface area contributed by atoms with E-state index >= 15 is 0 Å². The van der Waals surface area contributed by atoms with E-state index in [0.717, 1.165) is 23.0 Å². The fourth-order valence-electron chi connectivity index (χ4n) is 2.85. The van der Waals surface area contributed by atoms with Crippen LogP contribution in [0, 0.1) is 0 Å². The Labute approximate surface area is 137 Å². The van der Waals surface area contributed by atoms with E-state index in [4.69, 9.17) is 5.73 Å². The number of amides is 1. The zero-order chi connectivity index (χ0) is 16.5. The van der Waals surface area contributed by atoms with Gasteiger partial charge in [0.2, 0.25) is 0 Å². The molecule has 0 atom stereocenters. The Hall–Kier alpha value is -3.41.